The molecule has 0 atom stereocenters. The molecular formula is C27H22ClN3O6. The van der Waals surface area contributed by atoms with Crippen molar-refractivity contribution < 1.29 is 29.0 Å². The fraction of sp³-hybridized carbons (Fsp3) is 0.111. The maximum absolute atomic E-state index is 13.0. The number of carbonyl (C=O) groups excluding carboxylic acids is 4. The van der Waals surface area contributed by atoms with Crippen molar-refractivity contribution in [1.29, 1.82) is 0 Å². The number of ether oxygens (including phenoxy) is 1. The first-order valence-corrected chi connectivity index (χ1v) is 11.5. The van der Waals surface area contributed by atoms with Crippen molar-refractivity contribution in [3.05, 3.63) is 87.9 Å². The number of barbiturate groups is 1. The highest BCUT2D eigenvalue weighted by molar-refractivity contribution is 6.39. The summed E-state index contributed by atoms with van der Waals surface area (Å²) < 4.78 is 5.53. The van der Waals surface area contributed by atoms with Crippen molar-refractivity contribution in [1.82, 2.24) is 5.32 Å². The van der Waals surface area contributed by atoms with Gasteiger partial charge in [-0.3, -0.25) is 19.7 Å². The Hall–Kier alpha value is -4.63. The Kier molecular flexibility index (Phi) is 7.26. The second-order valence-corrected chi connectivity index (χ2v) is 8.71. The lowest BCUT2D eigenvalue weighted by atomic mass is 10.1. The molecule has 0 spiro atoms. The lowest BCUT2D eigenvalue weighted by Crippen LogP contribution is -2.54. The van der Waals surface area contributed by atoms with E-state index < -0.39 is 17.8 Å². The lowest BCUT2D eigenvalue weighted by molar-refractivity contribution is -0.122. The second kappa shape index (κ2) is 10.5. The molecule has 0 radical (unpaired) electrons. The van der Waals surface area contributed by atoms with Crippen LogP contribution in [0.4, 0.5) is 16.2 Å². The Morgan fingerprint density at radius 3 is 2.43 bits per heavy atom. The molecule has 3 N–H and O–H groups in total. The second-order valence-electron chi connectivity index (χ2n) is 8.30. The Labute approximate surface area is 217 Å². The van der Waals surface area contributed by atoms with E-state index in [1.165, 1.54) is 42.5 Å². The van der Waals surface area contributed by atoms with Gasteiger partial charge in [0, 0.05) is 5.69 Å². The van der Waals surface area contributed by atoms with Crippen molar-refractivity contribution in [2.75, 3.05) is 16.8 Å². The summed E-state index contributed by atoms with van der Waals surface area (Å²) in [6, 6.07) is 14.6. The van der Waals surface area contributed by atoms with Gasteiger partial charge in [-0.2, -0.15) is 0 Å². The van der Waals surface area contributed by atoms with Crippen molar-refractivity contribution in [2.24, 2.45) is 0 Å². The van der Waals surface area contributed by atoms with Crippen LogP contribution in [-0.4, -0.2) is 35.5 Å². The summed E-state index contributed by atoms with van der Waals surface area (Å²) in [5, 5.41) is 14.5. The molecular weight excluding hydrogens is 498 g/mol. The number of halogens is 1. The summed E-state index contributed by atoms with van der Waals surface area (Å²) in [7, 11) is 0. The number of imide groups is 2. The van der Waals surface area contributed by atoms with Gasteiger partial charge < -0.3 is 15.2 Å². The van der Waals surface area contributed by atoms with Crippen molar-refractivity contribution in [3.63, 3.8) is 0 Å². The van der Waals surface area contributed by atoms with E-state index in [0.717, 1.165) is 16.0 Å². The average molecular weight is 520 g/mol. The SMILES string of the molecule is Cc1ccc(NC(=O)COc2ccc(/C=C3/C(=O)NC(=O)N(c4ccc(O)cc4)C3=O)cc2Cl)cc1C. The molecule has 1 fully saturated rings. The van der Waals surface area contributed by atoms with Gasteiger partial charge in [0.05, 0.1) is 10.7 Å². The number of aromatic hydroxyl groups is 1. The van der Waals surface area contributed by atoms with Gasteiger partial charge >= 0.3 is 6.03 Å². The smallest absolute Gasteiger partial charge is 0.335 e. The molecule has 10 heteroatoms. The van der Waals surface area contributed by atoms with Crippen LogP contribution in [0.2, 0.25) is 5.02 Å². The van der Waals surface area contributed by atoms with Gasteiger partial charge in [-0.1, -0.05) is 23.7 Å². The number of urea groups is 1. The van der Waals surface area contributed by atoms with E-state index >= 15 is 0 Å². The van der Waals surface area contributed by atoms with Crippen LogP contribution in [0.1, 0.15) is 16.7 Å². The summed E-state index contributed by atoms with van der Waals surface area (Å²) in [5.74, 6) is -1.86. The van der Waals surface area contributed by atoms with Gasteiger partial charge in [0.25, 0.3) is 17.7 Å². The number of rotatable bonds is 6. The Bertz CT molecular complexity index is 1450. The minimum Gasteiger partial charge on any atom is -0.508 e. The topological polar surface area (TPSA) is 125 Å². The third-order valence-electron chi connectivity index (χ3n) is 5.63. The quantitative estimate of drug-likeness (QED) is 0.328. The Balaban J connectivity index is 1.46. The highest BCUT2D eigenvalue weighted by Gasteiger charge is 2.36. The van der Waals surface area contributed by atoms with Gasteiger partial charge in [0.15, 0.2) is 6.61 Å². The first-order chi connectivity index (χ1) is 17.6. The van der Waals surface area contributed by atoms with Crippen LogP contribution in [0.5, 0.6) is 11.5 Å². The first-order valence-electron chi connectivity index (χ1n) is 11.1. The van der Waals surface area contributed by atoms with Crippen molar-refractivity contribution in [3.8, 4) is 11.5 Å². The Morgan fingerprint density at radius 1 is 1.03 bits per heavy atom. The van der Waals surface area contributed by atoms with E-state index in [0.29, 0.717) is 11.3 Å². The normalized spacial score (nSPS) is 14.5. The maximum Gasteiger partial charge on any atom is 0.335 e. The zero-order chi connectivity index (χ0) is 26.7. The summed E-state index contributed by atoms with van der Waals surface area (Å²) in [6.45, 7) is 3.65. The van der Waals surface area contributed by atoms with E-state index in [-0.39, 0.29) is 40.3 Å². The maximum atomic E-state index is 13.0. The molecule has 4 rings (SSSR count). The third-order valence-corrected chi connectivity index (χ3v) is 5.92. The van der Waals surface area contributed by atoms with Crippen molar-refractivity contribution in [2.45, 2.75) is 13.8 Å². The number of hydrogen-bond acceptors (Lipinski definition) is 6. The molecule has 5 amide bonds. The monoisotopic (exact) mass is 519 g/mol. The lowest BCUT2D eigenvalue weighted by Gasteiger charge is -2.26. The molecule has 188 valence electrons. The van der Waals surface area contributed by atoms with Crippen LogP contribution in [-0.2, 0) is 14.4 Å². The molecule has 0 unspecified atom stereocenters. The molecule has 3 aromatic rings. The number of phenols is 1. The molecule has 9 nitrogen and oxygen atoms in total. The number of carbonyl (C=O) groups is 4. The minimum absolute atomic E-state index is 0.0415. The van der Waals surface area contributed by atoms with Gasteiger partial charge in [-0.05, 0) is 85.1 Å². The molecule has 0 saturated carbocycles. The minimum atomic E-state index is -0.904. The number of aryl methyl sites for hydroxylation is 2. The van der Waals surface area contributed by atoms with Gasteiger partial charge in [-0.25, -0.2) is 9.69 Å². The number of nitrogens with one attached hydrogen (secondary N) is 2. The number of anilines is 2. The standard InChI is InChI=1S/C27H22ClN3O6/c1-15-3-5-18(11-16(15)2)29-24(33)14-37-23-10-4-17(13-22(23)28)12-21-25(34)30-27(36)31(26(21)35)19-6-8-20(32)9-7-19/h3-13,32H,14H2,1-2H3,(H,29,33)(H,30,34,36)/b21-12-. The largest absolute Gasteiger partial charge is 0.508 e. The number of benzene rings is 3. The van der Waals surface area contributed by atoms with Crippen LogP contribution < -0.4 is 20.3 Å². The molecule has 1 aliphatic rings. The predicted molar refractivity (Wildman–Crippen MR) is 139 cm³/mol. The van der Waals surface area contributed by atoms with Crippen LogP contribution in [0.3, 0.4) is 0 Å². The van der Waals surface area contributed by atoms with E-state index in [2.05, 4.69) is 10.6 Å². The fourth-order valence-electron chi connectivity index (χ4n) is 3.54. The third kappa shape index (κ3) is 5.79. The summed E-state index contributed by atoms with van der Waals surface area (Å²) in [6.07, 6.45) is 1.29. The van der Waals surface area contributed by atoms with Gasteiger partial charge in [-0.15, -0.1) is 0 Å². The summed E-state index contributed by atoms with van der Waals surface area (Å²) in [4.78, 5) is 50.7. The van der Waals surface area contributed by atoms with E-state index in [4.69, 9.17) is 16.3 Å². The fourth-order valence-corrected chi connectivity index (χ4v) is 3.79. The number of nitrogens with zero attached hydrogens (tertiary/aromatic N) is 1. The molecule has 1 saturated heterocycles. The zero-order valence-corrected chi connectivity index (χ0v) is 20.6. The Morgan fingerprint density at radius 2 is 1.76 bits per heavy atom. The number of hydrogen-bond donors (Lipinski definition) is 3. The molecule has 0 aromatic heterocycles. The molecule has 1 aliphatic heterocycles. The average Bonchev–Trinajstić information content (AvgIpc) is 2.84. The van der Waals surface area contributed by atoms with Crippen LogP contribution in [0.25, 0.3) is 6.08 Å². The van der Waals surface area contributed by atoms with Gasteiger partial charge in [0.2, 0.25) is 0 Å². The van der Waals surface area contributed by atoms with Crippen LogP contribution >= 0.6 is 11.6 Å². The molecule has 3 aromatic carbocycles. The number of phenolic OH excluding ortho intramolecular Hbond substituents is 1. The van der Waals surface area contributed by atoms with E-state index in [1.807, 2.05) is 26.0 Å². The van der Waals surface area contributed by atoms with E-state index in [1.54, 1.807) is 12.1 Å². The number of amides is 5. The van der Waals surface area contributed by atoms with Crippen molar-refractivity contribution >= 4 is 52.8 Å². The molecule has 0 aliphatic carbocycles. The first kappa shape index (κ1) is 25.5. The van der Waals surface area contributed by atoms with Gasteiger partial charge in [0.1, 0.15) is 17.1 Å². The zero-order valence-electron chi connectivity index (χ0n) is 19.9. The highest BCUT2D eigenvalue weighted by atomic mass is 35.5. The molecule has 37 heavy (non-hydrogen) atoms. The molecule has 0 bridgehead atoms. The van der Waals surface area contributed by atoms with Crippen LogP contribution in [0, 0.1) is 13.8 Å². The summed E-state index contributed by atoms with van der Waals surface area (Å²) >= 11 is 6.30. The molecule has 1 heterocycles. The predicted octanol–water partition coefficient (Wildman–Crippen LogP) is 4.35. The summed E-state index contributed by atoms with van der Waals surface area (Å²) in [5.41, 5.74) is 3.11. The highest BCUT2D eigenvalue weighted by Crippen LogP contribution is 2.28. The van der Waals surface area contributed by atoms with Crippen LogP contribution in [0.15, 0.2) is 66.2 Å². The van der Waals surface area contributed by atoms with E-state index in [9.17, 15) is 24.3 Å².